The van der Waals surface area contributed by atoms with Crippen LogP contribution in [0.25, 0.3) is 11.4 Å². The summed E-state index contributed by atoms with van der Waals surface area (Å²) in [6, 6.07) is 3.17. The summed E-state index contributed by atoms with van der Waals surface area (Å²) in [4.78, 5) is 4.07. The van der Waals surface area contributed by atoms with Crippen molar-refractivity contribution in [3.8, 4) is 5.69 Å². The first-order valence-electron chi connectivity index (χ1n) is 11.3. The van der Waals surface area contributed by atoms with E-state index in [4.69, 9.17) is 38.4 Å². The maximum atomic E-state index is 13.9. The molecular weight excluding hydrogens is 549 g/mol. The Kier molecular flexibility index (Phi) is 8.15. The highest BCUT2D eigenvalue weighted by molar-refractivity contribution is 7.13. The van der Waals surface area contributed by atoms with Gasteiger partial charge in [-0.2, -0.15) is 13.2 Å². The molecule has 16 heteroatoms. The highest BCUT2D eigenvalue weighted by Gasteiger charge is 2.40. The van der Waals surface area contributed by atoms with Crippen LogP contribution in [-0.4, -0.2) is 61.3 Å². The molecule has 0 bridgehead atoms. The number of nitrogens with two attached hydrogens (primary N) is 3. The molecule has 1 aliphatic heterocycles. The van der Waals surface area contributed by atoms with Gasteiger partial charge in [-0.15, -0.1) is 21.5 Å². The second-order valence-electron chi connectivity index (χ2n) is 8.65. The minimum atomic E-state index is -4.70. The second-order valence-corrected chi connectivity index (χ2v) is 9.98. The number of anilines is 1. The number of aryl methyl sites for hydroxylation is 1. The van der Waals surface area contributed by atoms with Gasteiger partial charge in [-0.1, -0.05) is 11.6 Å². The van der Waals surface area contributed by atoms with Gasteiger partial charge in [0.25, 0.3) is 0 Å². The van der Waals surface area contributed by atoms with Gasteiger partial charge in [-0.05, 0) is 32.0 Å². The maximum Gasteiger partial charge on any atom is 0.418 e. The molecule has 3 unspecified atom stereocenters. The molecule has 1 fully saturated rings. The Bertz CT molecular complexity index is 1320. The molecule has 3 heterocycles. The topological polar surface area (TPSA) is 164 Å². The molecule has 0 spiro atoms. The van der Waals surface area contributed by atoms with Crippen LogP contribution in [0.2, 0.25) is 5.02 Å². The van der Waals surface area contributed by atoms with Crippen molar-refractivity contribution in [2.45, 2.75) is 44.4 Å². The molecule has 7 N–H and O–H groups in total. The van der Waals surface area contributed by atoms with Crippen molar-refractivity contribution in [1.82, 2.24) is 24.8 Å². The van der Waals surface area contributed by atoms with Crippen molar-refractivity contribution in [3.05, 3.63) is 57.7 Å². The van der Waals surface area contributed by atoms with Gasteiger partial charge < -0.3 is 31.1 Å². The fraction of sp³-hybridized carbons (Fsp3) is 0.409. The zero-order valence-corrected chi connectivity index (χ0v) is 21.8. The SMILES string of the molecule is Cc1nnc(C(OC2COC2C)[C@@H](O)CN(N)/C=C(\N)c2csc(N)n2)n1-c1cc(Cl)ccc1C(F)(F)F. The van der Waals surface area contributed by atoms with Crippen LogP contribution in [0.3, 0.4) is 0 Å². The summed E-state index contributed by atoms with van der Waals surface area (Å²) in [7, 11) is 0. The maximum absolute atomic E-state index is 13.9. The molecule has 0 aliphatic carbocycles. The second kappa shape index (κ2) is 11.0. The van der Waals surface area contributed by atoms with Crippen LogP contribution in [-0.2, 0) is 15.7 Å². The number of hydrazine groups is 1. The van der Waals surface area contributed by atoms with E-state index in [9.17, 15) is 18.3 Å². The van der Waals surface area contributed by atoms with Gasteiger partial charge in [0.15, 0.2) is 11.0 Å². The molecule has 1 aliphatic rings. The number of aromatic nitrogens is 4. The summed E-state index contributed by atoms with van der Waals surface area (Å²) in [5.41, 5.74) is 11.0. The van der Waals surface area contributed by atoms with Crippen molar-refractivity contribution in [1.29, 1.82) is 0 Å². The van der Waals surface area contributed by atoms with Crippen LogP contribution < -0.4 is 17.3 Å². The van der Waals surface area contributed by atoms with Crippen molar-refractivity contribution in [2.24, 2.45) is 11.6 Å². The van der Waals surface area contributed by atoms with E-state index in [0.717, 1.165) is 27.8 Å². The molecule has 0 radical (unpaired) electrons. The molecule has 4 rings (SSSR count). The number of aliphatic hydroxyl groups excluding tert-OH is 1. The zero-order chi connectivity index (χ0) is 27.8. The number of halogens is 4. The highest BCUT2D eigenvalue weighted by atomic mass is 35.5. The fourth-order valence-electron chi connectivity index (χ4n) is 3.85. The molecular formula is C22H26ClF3N8O3S. The van der Waals surface area contributed by atoms with Crippen molar-refractivity contribution in [3.63, 3.8) is 0 Å². The van der Waals surface area contributed by atoms with Crippen LogP contribution >= 0.6 is 22.9 Å². The predicted octanol–water partition coefficient (Wildman–Crippen LogP) is 2.63. The summed E-state index contributed by atoms with van der Waals surface area (Å²) in [6.07, 6.45) is -6.74. The first kappa shape index (κ1) is 28.1. The van der Waals surface area contributed by atoms with Gasteiger partial charge in [0.1, 0.15) is 29.8 Å². The number of thiazole rings is 1. The van der Waals surface area contributed by atoms with Crippen LogP contribution in [0, 0.1) is 6.92 Å². The van der Waals surface area contributed by atoms with Gasteiger partial charge in [0.2, 0.25) is 0 Å². The third kappa shape index (κ3) is 6.03. The van der Waals surface area contributed by atoms with E-state index >= 15 is 0 Å². The Hall–Kier alpha value is -2.95. The minimum Gasteiger partial charge on any atom is -0.396 e. The van der Waals surface area contributed by atoms with Crippen LogP contribution in [0.5, 0.6) is 0 Å². The molecule has 1 saturated heterocycles. The molecule has 206 valence electrons. The number of alkyl halides is 3. The largest absolute Gasteiger partial charge is 0.418 e. The van der Waals surface area contributed by atoms with Gasteiger partial charge in [-0.25, -0.2) is 10.8 Å². The third-order valence-electron chi connectivity index (χ3n) is 5.85. The monoisotopic (exact) mass is 574 g/mol. The average molecular weight is 575 g/mol. The minimum absolute atomic E-state index is 0.0699. The van der Waals surface area contributed by atoms with Crippen LogP contribution in [0.4, 0.5) is 18.3 Å². The normalized spacial score (nSPS) is 19.7. The highest BCUT2D eigenvalue weighted by Crippen LogP contribution is 2.38. The Morgan fingerprint density at radius 3 is 2.74 bits per heavy atom. The zero-order valence-electron chi connectivity index (χ0n) is 20.3. The van der Waals surface area contributed by atoms with Gasteiger partial charge >= 0.3 is 6.18 Å². The number of ether oxygens (including phenoxy) is 2. The average Bonchev–Trinajstić information content (AvgIpc) is 3.43. The molecule has 3 aromatic rings. The molecule has 11 nitrogen and oxygen atoms in total. The van der Waals surface area contributed by atoms with E-state index < -0.39 is 30.1 Å². The van der Waals surface area contributed by atoms with E-state index in [1.807, 2.05) is 0 Å². The van der Waals surface area contributed by atoms with Gasteiger partial charge in [0, 0.05) is 16.6 Å². The van der Waals surface area contributed by atoms with Crippen molar-refractivity contribution >= 4 is 33.8 Å². The van der Waals surface area contributed by atoms with E-state index in [2.05, 4.69) is 15.2 Å². The molecule has 38 heavy (non-hydrogen) atoms. The first-order valence-corrected chi connectivity index (χ1v) is 12.5. The van der Waals surface area contributed by atoms with Crippen LogP contribution in [0.1, 0.15) is 35.9 Å². The number of hydrogen-bond acceptors (Lipinski definition) is 11. The van der Waals surface area contributed by atoms with E-state index in [1.54, 1.807) is 12.3 Å². The summed E-state index contributed by atoms with van der Waals surface area (Å²) >= 11 is 7.26. The van der Waals surface area contributed by atoms with Crippen molar-refractivity contribution < 1.29 is 27.8 Å². The lowest BCUT2D eigenvalue weighted by Gasteiger charge is -2.38. The van der Waals surface area contributed by atoms with E-state index in [-0.39, 0.29) is 47.3 Å². The summed E-state index contributed by atoms with van der Waals surface area (Å²) in [5, 5.41) is 22.4. The standard InChI is InChI=1S/C22H26ClF3N8O3S/c1-10-18(8-36-10)37-19(17(35)7-33(29)6-14(27)15-9-38-21(28)30-15)20-32-31-11(2)34(20)16-5-12(23)3-4-13(16)22(24,25)26/h3-6,9-10,17-19,35H,7-8,27,29H2,1-2H3,(H2,28,30)/b14-6-/t10?,17-,18?,19?/m0/s1. The Balaban J connectivity index is 1.70. The van der Waals surface area contributed by atoms with Crippen LogP contribution in [0.15, 0.2) is 29.8 Å². The van der Waals surface area contributed by atoms with Gasteiger partial charge in [0.05, 0.1) is 36.2 Å². The Morgan fingerprint density at radius 1 is 1.42 bits per heavy atom. The number of benzene rings is 1. The molecule has 4 atom stereocenters. The lowest BCUT2D eigenvalue weighted by atomic mass is 10.1. The molecule has 0 amide bonds. The lowest BCUT2D eigenvalue weighted by molar-refractivity contribution is -0.217. The number of nitrogens with zero attached hydrogens (tertiary/aromatic N) is 5. The number of nitrogen functional groups attached to an aromatic ring is 1. The van der Waals surface area contributed by atoms with Gasteiger partial charge in [-0.3, -0.25) is 4.57 Å². The Morgan fingerprint density at radius 2 is 2.16 bits per heavy atom. The number of rotatable bonds is 9. The van der Waals surface area contributed by atoms with E-state index in [0.29, 0.717) is 10.8 Å². The summed E-state index contributed by atoms with van der Waals surface area (Å²) < 4.78 is 54.3. The van der Waals surface area contributed by atoms with E-state index in [1.165, 1.54) is 24.5 Å². The summed E-state index contributed by atoms with van der Waals surface area (Å²) in [5.74, 6) is 6.12. The predicted molar refractivity (Wildman–Crippen MR) is 135 cm³/mol. The summed E-state index contributed by atoms with van der Waals surface area (Å²) in [6.45, 7) is 3.24. The first-order chi connectivity index (χ1) is 17.8. The number of aliphatic hydroxyl groups is 1. The third-order valence-corrected chi connectivity index (χ3v) is 6.76. The smallest absolute Gasteiger partial charge is 0.396 e. The number of hydrogen-bond donors (Lipinski definition) is 4. The quantitative estimate of drug-likeness (QED) is 0.220. The fourth-order valence-corrected chi connectivity index (χ4v) is 4.59. The Labute approximate surface area is 224 Å². The molecule has 2 aromatic heterocycles. The molecule has 1 aromatic carbocycles. The lowest BCUT2D eigenvalue weighted by Crippen LogP contribution is -2.48. The molecule has 0 saturated carbocycles. The van der Waals surface area contributed by atoms with Crippen molar-refractivity contribution in [2.75, 3.05) is 18.9 Å².